The Balaban J connectivity index is 3.16. The zero-order valence-electron chi connectivity index (χ0n) is 8.15. The van der Waals surface area contributed by atoms with Gasteiger partial charge in [-0.25, -0.2) is 0 Å². The molecule has 0 spiro atoms. The topological polar surface area (TPSA) is 0 Å². The summed E-state index contributed by atoms with van der Waals surface area (Å²) >= 11 is 0. The van der Waals surface area contributed by atoms with E-state index < -0.39 is 23.8 Å². The molecule has 6 heteroatoms. The molecule has 1 rings (SSSR count). The van der Waals surface area contributed by atoms with E-state index in [1.807, 2.05) is 0 Å². The SMILES string of the molecule is CC1=CC(C(F)(F)F)=CC(C(F)(F)F)C=C1. The Hall–Kier alpha value is -1.20. The molecule has 0 aromatic heterocycles. The van der Waals surface area contributed by atoms with Crippen LogP contribution in [0.2, 0.25) is 0 Å². The van der Waals surface area contributed by atoms with Gasteiger partial charge in [-0.05, 0) is 13.0 Å². The van der Waals surface area contributed by atoms with E-state index in [0.717, 1.165) is 6.08 Å². The first kappa shape index (κ1) is 12.9. The summed E-state index contributed by atoms with van der Waals surface area (Å²) in [6.07, 6.45) is -6.84. The number of hydrogen-bond donors (Lipinski definition) is 0. The molecule has 1 atom stereocenters. The predicted molar refractivity (Wildman–Crippen MR) is 46.6 cm³/mol. The molecule has 0 heterocycles. The van der Waals surface area contributed by atoms with Gasteiger partial charge in [-0.2, -0.15) is 26.3 Å². The highest BCUT2D eigenvalue weighted by Crippen LogP contribution is 2.36. The Morgan fingerprint density at radius 1 is 1.06 bits per heavy atom. The van der Waals surface area contributed by atoms with Crippen molar-refractivity contribution in [3.05, 3.63) is 35.5 Å². The van der Waals surface area contributed by atoms with Crippen LogP contribution in [-0.2, 0) is 0 Å². The van der Waals surface area contributed by atoms with Crippen LogP contribution in [0.4, 0.5) is 26.3 Å². The maximum Gasteiger partial charge on any atom is 0.416 e. The number of halogens is 6. The van der Waals surface area contributed by atoms with Gasteiger partial charge in [-0.1, -0.05) is 23.8 Å². The molecule has 0 aliphatic heterocycles. The summed E-state index contributed by atoms with van der Waals surface area (Å²) in [4.78, 5) is 0. The van der Waals surface area contributed by atoms with Crippen molar-refractivity contribution >= 4 is 0 Å². The maximum atomic E-state index is 12.3. The average molecular weight is 242 g/mol. The standard InChI is InChI=1S/C10H8F6/c1-6-2-3-7(9(11,12)13)5-8(4-6)10(14,15)16/h2-5,7H,1H3. The van der Waals surface area contributed by atoms with Gasteiger partial charge in [0.05, 0.1) is 11.5 Å². The molecule has 90 valence electrons. The second-order valence-corrected chi connectivity index (χ2v) is 3.43. The monoisotopic (exact) mass is 242 g/mol. The van der Waals surface area contributed by atoms with Gasteiger partial charge in [0.2, 0.25) is 0 Å². The van der Waals surface area contributed by atoms with E-state index in [2.05, 4.69) is 0 Å². The van der Waals surface area contributed by atoms with Crippen LogP contribution in [0.5, 0.6) is 0 Å². The Labute approximate surface area is 87.9 Å². The molecule has 1 aliphatic rings. The molecule has 0 nitrogen and oxygen atoms in total. The minimum absolute atomic E-state index is 0.135. The minimum Gasteiger partial charge on any atom is -0.170 e. The third-order valence-corrected chi connectivity index (χ3v) is 2.01. The zero-order valence-corrected chi connectivity index (χ0v) is 8.15. The fraction of sp³-hybridized carbons (Fsp3) is 0.400. The van der Waals surface area contributed by atoms with E-state index in [-0.39, 0.29) is 11.6 Å². The highest BCUT2D eigenvalue weighted by atomic mass is 19.4. The lowest BCUT2D eigenvalue weighted by Crippen LogP contribution is -2.21. The Morgan fingerprint density at radius 3 is 2.06 bits per heavy atom. The summed E-state index contributed by atoms with van der Waals surface area (Å²) in [5, 5.41) is 0. The summed E-state index contributed by atoms with van der Waals surface area (Å²) in [7, 11) is 0. The van der Waals surface area contributed by atoms with Gasteiger partial charge >= 0.3 is 12.4 Å². The van der Waals surface area contributed by atoms with Crippen LogP contribution in [0.3, 0.4) is 0 Å². The Morgan fingerprint density at radius 2 is 1.62 bits per heavy atom. The number of alkyl halides is 6. The van der Waals surface area contributed by atoms with Crippen LogP contribution < -0.4 is 0 Å². The third kappa shape index (κ3) is 3.15. The molecule has 0 aromatic rings. The van der Waals surface area contributed by atoms with Crippen molar-refractivity contribution in [3.8, 4) is 0 Å². The summed E-state index contributed by atoms with van der Waals surface area (Å²) in [6, 6.07) is 0. The number of hydrogen-bond acceptors (Lipinski definition) is 0. The second kappa shape index (κ2) is 3.99. The predicted octanol–water partition coefficient (Wildman–Crippen LogP) is 4.17. The molecule has 0 fully saturated rings. The average Bonchev–Trinajstić information content (AvgIpc) is 2.24. The van der Waals surface area contributed by atoms with Crippen molar-refractivity contribution in [1.82, 2.24) is 0 Å². The van der Waals surface area contributed by atoms with Gasteiger partial charge in [0, 0.05) is 0 Å². The van der Waals surface area contributed by atoms with Crippen molar-refractivity contribution in [3.63, 3.8) is 0 Å². The van der Waals surface area contributed by atoms with Crippen molar-refractivity contribution in [2.75, 3.05) is 0 Å². The van der Waals surface area contributed by atoms with Crippen LogP contribution in [0, 0.1) is 5.92 Å². The van der Waals surface area contributed by atoms with Crippen molar-refractivity contribution in [2.24, 2.45) is 5.92 Å². The first-order valence-corrected chi connectivity index (χ1v) is 4.33. The van der Waals surface area contributed by atoms with Crippen molar-refractivity contribution in [1.29, 1.82) is 0 Å². The van der Waals surface area contributed by atoms with E-state index in [1.54, 1.807) is 0 Å². The highest BCUT2D eigenvalue weighted by Gasteiger charge is 2.40. The molecule has 0 bridgehead atoms. The maximum absolute atomic E-state index is 12.3. The second-order valence-electron chi connectivity index (χ2n) is 3.43. The number of rotatable bonds is 0. The van der Waals surface area contributed by atoms with E-state index in [1.165, 1.54) is 6.92 Å². The quantitative estimate of drug-likeness (QED) is 0.559. The van der Waals surface area contributed by atoms with Crippen molar-refractivity contribution in [2.45, 2.75) is 19.3 Å². The minimum atomic E-state index is -4.77. The van der Waals surface area contributed by atoms with Gasteiger partial charge < -0.3 is 0 Å². The van der Waals surface area contributed by atoms with Crippen LogP contribution >= 0.6 is 0 Å². The van der Waals surface area contributed by atoms with Gasteiger partial charge in [0.15, 0.2) is 0 Å². The van der Waals surface area contributed by atoms with Crippen LogP contribution in [0.25, 0.3) is 0 Å². The fourth-order valence-electron chi connectivity index (χ4n) is 1.23. The summed E-state index contributed by atoms with van der Waals surface area (Å²) in [5.41, 5.74) is -1.13. The lowest BCUT2D eigenvalue weighted by molar-refractivity contribution is -0.149. The fourth-order valence-corrected chi connectivity index (χ4v) is 1.23. The van der Waals surface area contributed by atoms with E-state index >= 15 is 0 Å². The van der Waals surface area contributed by atoms with E-state index in [0.29, 0.717) is 12.2 Å². The van der Waals surface area contributed by atoms with Crippen molar-refractivity contribution < 1.29 is 26.3 Å². The normalized spacial score (nSPS) is 22.6. The van der Waals surface area contributed by atoms with Crippen LogP contribution in [0.15, 0.2) is 35.5 Å². The zero-order chi connectivity index (χ0) is 12.6. The number of allylic oxidation sites excluding steroid dienone is 6. The molecule has 0 N–H and O–H groups in total. The van der Waals surface area contributed by atoms with Gasteiger partial charge in [-0.15, -0.1) is 0 Å². The van der Waals surface area contributed by atoms with Gasteiger partial charge in [-0.3, -0.25) is 0 Å². The molecule has 0 saturated heterocycles. The molecule has 16 heavy (non-hydrogen) atoms. The molecule has 1 aliphatic carbocycles. The van der Waals surface area contributed by atoms with Crippen LogP contribution in [-0.4, -0.2) is 12.4 Å². The molecule has 1 unspecified atom stereocenters. The summed E-state index contributed by atoms with van der Waals surface area (Å²) < 4.78 is 74.0. The van der Waals surface area contributed by atoms with Gasteiger partial charge in [0.1, 0.15) is 0 Å². The first-order valence-electron chi connectivity index (χ1n) is 4.33. The van der Waals surface area contributed by atoms with E-state index in [9.17, 15) is 26.3 Å². The highest BCUT2D eigenvalue weighted by molar-refractivity contribution is 5.36. The first-order chi connectivity index (χ1) is 7.10. The molecule has 0 aromatic carbocycles. The third-order valence-electron chi connectivity index (χ3n) is 2.01. The molecule has 0 radical (unpaired) electrons. The lowest BCUT2D eigenvalue weighted by Gasteiger charge is -2.14. The molecular formula is C10H8F6. The van der Waals surface area contributed by atoms with E-state index in [4.69, 9.17) is 0 Å². The molecule has 0 saturated carbocycles. The summed E-state index contributed by atoms with van der Waals surface area (Å²) in [5.74, 6) is -2.20. The Bertz CT molecular complexity index is 352. The summed E-state index contributed by atoms with van der Waals surface area (Å²) in [6.45, 7) is 1.31. The Kier molecular flexibility index (Phi) is 3.21. The molecule has 0 amide bonds. The van der Waals surface area contributed by atoms with Crippen LogP contribution in [0.1, 0.15) is 6.92 Å². The smallest absolute Gasteiger partial charge is 0.170 e. The largest absolute Gasteiger partial charge is 0.416 e. The lowest BCUT2D eigenvalue weighted by atomic mass is 10.1. The van der Waals surface area contributed by atoms with Gasteiger partial charge in [0.25, 0.3) is 0 Å². The molecular weight excluding hydrogens is 234 g/mol.